The van der Waals surface area contributed by atoms with Crippen molar-refractivity contribution in [2.75, 3.05) is 13.1 Å². The van der Waals surface area contributed by atoms with E-state index in [0.717, 1.165) is 16.8 Å². The number of alkyl halides is 1. The number of pyridine rings is 1. The van der Waals surface area contributed by atoms with Crippen molar-refractivity contribution in [3.8, 4) is 17.1 Å². The van der Waals surface area contributed by atoms with E-state index in [1.807, 2.05) is 19.1 Å². The Hall–Kier alpha value is -3.36. The maximum Gasteiger partial charge on any atom is 0.274 e. The highest BCUT2D eigenvalue weighted by molar-refractivity contribution is 5.92. The molecule has 1 fully saturated rings. The van der Waals surface area contributed by atoms with Gasteiger partial charge in [-0.2, -0.15) is 0 Å². The Bertz CT molecular complexity index is 982. The SMILES string of the molecule is Cc1ccc(-c2noc(C)c2COc2ccc(C(=O)N3CC(F)C3)nn2)cn1. The molecule has 0 atom stereocenters. The third kappa shape index (κ3) is 3.55. The van der Waals surface area contributed by atoms with E-state index in [1.54, 1.807) is 19.2 Å². The van der Waals surface area contributed by atoms with Gasteiger partial charge in [0.15, 0.2) is 5.69 Å². The Kier molecular flexibility index (Phi) is 4.72. The van der Waals surface area contributed by atoms with Crippen molar-refractivity contribution in [1.82, 2.24) is 25.2 Å². The van der Waals surface area contributed by atoms with Crippen LogP contribution in [0.15, 0.2) is 35.0 Å². The molecule has 8 nitrogen and oxygen atoms in total. The van der Waals surface area contributed by atoms with E-state index in [2.05, 4.69) is 20.3 Å². The molecule has 0 aromatic carbocycles. The van der Waals surface area contributed by atoms with Gasteiger partial charge in [0.1, 0.15) is 24.2 Å². The Morgan fingerprint density at radius 1 is 1.25 bits per heavy atom. The molecule has 1 aliphatic heterocycles. The molecule has 0 N–H and O–H groups in total. The van der Waals surface area contributed by atoms with Gasteiger partial charge in [-0.05, 0) is 32.0 Å². The number of halogens is 1. The van der Waals surface area contributed by atoms with E-state index in [4.69, 9.17) is 9.26 Å². The van der Waals surface area contributed by atoms with Gasteiger partial charge >= 0.3 is 0 Å². The number of amides is 1. The van der Waals surface area contributed by atoms with Crippen LogP contribution in [0.3, 0.4) is 0 Å². The zero-order valence-electron chi connectivity index (χ0n) is 15.4. The molecule has 1 amide bonds. The zero-order chi connectivity index (χ0) is 19.7. The number of likely N-dealkylation sites (tertiary alicyclic amines) is 1. The summed E-state index contributed by atoms with van der Waals surface area (Å²) in [6, 6.07) is 6.89. The largest absolute Gasteiger partial charge is 0.472 e. The van der Waals surface area contributed by atoms with Crippen LogP contribution in [0.4, 0.5) is 4.39 Å². The molecule has 0 spiro atoms. The minimum Gasteiger partial charge on any atom is -0.472 e. The summed E-state index contributed by atoms with van der Waals surface area (Å²) in [7, 11) is 0. The Morgan fingerprint density at radius 3 is 2.71 bits per heavy atom. The van der Waals surface area contributed by atoms with Crippen molar-refractivity contribution < 1.29 is 18.4 Å². The lowest BCUT2D eigenvalue weighted by Crippen LogP contribution is -2.51. The second-order valence-electron chi connectivity index (χ2n) is 6.61. The molecule has 3 aromatic rings. The molecule has 144 valence electrons. The number of hydrogen-bond donors (Lipinski definition) is 0. The topological polar surface area (TPSA) is 94.2 Å². The first kappa shape index (κ1) is 18.0. The maximum atomic E-state index is 12.9. The van der Waals surface area contributed by atoms with Crippen molar-refractivity contribution in [3.05, 3.63) is 53.2 Å². The van der Waals surface area contributed by atoms with Gasteiger partial charge in [-0.3, -0.25) is 9.78 Å². The Labute approximate surface area is 160 Å². The summed E-state index contributed by atoms with van der Waals surface area (Å²) in [5.41, 5.74) is 3.33. The van der Waals surface area contributed by atoms with Gasteiger partial charge in [-0.1, -0.05) is 5.16 Å². The fourth-order valence-corrected chi connectivity index (χ4v) is 2.81. The number of aromatic nitrogens is 4. The van der Waals surface area contributed by atoms with Crippen molar-refractivity contribution in [2.24, 2.45) is 0 Å². The van der Waals surface area contributed by atoms with Crippen LogP contribution in [0.2, 0.25) is 0 Å². The van der Waals surface area contributed by atoms with Gasteiger partial charge < -0.3 is 14.2 Å². The quantitative estimate of drug-likeness (QED) is 0.668. The molecule has 3 aromatic heterocycles. The van der Waals surface area contributed by atoms with Crippen LogP contribution >= 0.6 is 0 Å². The highest BCUT2D eigenvalue weighted by atomic mass is 19.1. The lowest BCUT2D eigenvalue weighted by Gasteiger charge is -2.33. The van der Waals surface area contributed by atoms with Gasteiger partial charge in [0.2, 0.25) is 5.88 Å². The third-order valence-corrected chi connectivity index (χ3v) is 4.52. The Balaban J connectivity index is 1.44. The highest BCUT2D eigenvalue weighted by Crippen LogP contribution is 2.26. The normalized spacial score (nSPS) is 14.0. The van der Waals surface area contributed by atoms with Gasteiger partial charge in [-0.15, -0.1) is 10.2 Å². The highest BCUT2D eigenvalue weighted by Gasteiger charge is 2.31. The van der Waals surface area contributed by atoms with Crippen molar-refractivity contribution in [2.45, 2.75) is 26.6 Å². The first-order valence-electron chi connectivity index (χ1n) is 8.79. The number of nitrogens with zero attached hydrogens (tertiary/aromatic N) is 5. The molecule has 4 heterocycles. The minimum atomic E-state index is -0.954. The van der Waals surface area contributed by atoms with Gasteiger partial charge in [-0.25, -0.2) is 4.39 Å². The molecular weight excluding hydrogens is 365 g/mol. The predicted molar refractivity (Wildman–Crippen MR) is 96.4 cm³/mol. The molecule has 1 aliphatic rings. The van der Waals surface area contributed by atoms with E-state index < -0.39 is 6.17 Å². The standard InChI is InChI=1S/C19H18FN5O3/c1-11-3-4-13(7-21-11)18-15(12(2)28-24-18)10-27-17-6-5-16(22-23-17)19(26)25-8-14(20)9-25/h3-7,14H,8-10H2,1-2H3. The number of hydrogen-bond acceptors (Lipinski definition) is 7. The molecule has 0 unspecified atom stereocenters. The molecule has 0 radical (unpaired) electrons. The lowest BCUT2D eigenvalue weighted by molar-refractivity contribution is 0.0393. The number of carbonyl (C=O) groups is 1. The summed E-state index contributed by atoms with van der Waals surface area (Å²) in [6.45, 7) is 4.09. The molecule has 28 heavy (non-hydrogen) atoms. The molecule has 0 bridgehead atoms. The lowest BCUT2D eigenvalue weighted by atomic mass is 10.1. The zero-order valence-corrected chi connectivity index (χ0v) is 15.4. The van der Waals surface area contributed by atoms with Crippen LogP contribution < -0.4 is 4.74 Å². The first-order chi connectivity index (χ1) is 13.5. The van der Waals surface area contributed by atoms with Crippen molar-refractivity contribution >= 4 is 5.91 Å². The van der Waals surface area contributed by atoms with E-state index in [1.165, 1.54) is 11.0 Å². The number of aryl methyl sites for hydroxylation is 2. The van der Waals surface area contributed by atoms with E-state index in [0.29, 0.717) is 11.5 Å². The van der Waals surface area contributed by atoms with Crippen LogP contribution in [0.25, 0.3) is 11.3 Å². The van der Waals surface area contributed by atoms with E-state index in [9.17, 15) is 9.18 Å². The third-order valence-electron chi connectivity index (χ3n) is 4.52. The number of rotatable bonds is 5. The second-order valence-corrected chi connectivity index (χ2v) is 6.61. The van der Waals surface area contributed by atoms with Crippen LogP contribution in [0.1, 0.15) is 27.5 Å². The second kappa shape index (κ2) is 7.34. The Morgan fingerprint density at radius 2 is 2.07 bits per heavy atom. The predicted octanol–water partition coefficient (Wildman–Crippen LogP) is 2.52. The molecule has 1 saturated heterocycles. The first-order valence-corrected chi connectivity index (χ1v) is 8.79. The number of carbonyl (C=O) groups excluding carboxylic acids is 1. The van der Waals surface area contributed by atoms with Gasteiger partial charge in [0.25, 0.3) is 5.91 Å². The minimum absolute atomic E-state index is 0.0994. The van der Waals surface area contributed by atoms with E-state index >= 15 is 0 Å². The molecule has 0 saturated carbocycles. The smallest absolute Gasteiger partial charge is 0.274 e. The van der Waals surface area contributed by atoms with Crippen LogP contribution in [-0.2, 0) is 6.61 Å². The molecule has 0 aliphatic carbocycles. The molecule has 4 rings (SSSR count). The van der Waals surface area contributed by atoms with Gasteiger partial charge in [0.05, 0.1) is 18.7 Å². The fourth-order valence-electron chi connectivity index (χ4n) is 2.81. The summed E-state index contributed by atoms with van der Waals surface area (Å²) >= 11 is 0. The molecule has 9 heteroatoms. The van der Waals surface area contributed by atoms with Gasteiger partial charge in [0, 0.05) is 23.5 Å². The monoisotopic (exact) mass is 383 g/mol. The fraction of sp³-hybridized carbons (Fsp3) is 0.316. The van der Waals surface area contributed by atoms with Crippen molar-refractivity contribution in [1.29, 1.82) is 0 Å². The number of ether oxygens (including phenoxy) is 1. The summed E-state index contributed by atoms with van der Waals surface area (Å²) < 4.78 is 23.9. The average molecular weight is 383 g/mol. The maximum absolute atomic E-state index is 12.9. The van der Waals surface area contributed by atoms with Crippen LogP contribution in [0.5, 0.6) is 5.88 Å². The summed E-state index contributed by atoms with van der Waals surface area (Å²) in [5.74, 6) is 0.558. The van der Waals surface area contributed by atoms with E-state index in [-0.39, 0.29) is 37.2 Å². The van der Waals surface area contributed by atoms with Crippen LogP contribution in [0, 0.1) is 13.8 Å². The van der Waals surface area contributed by atoms with Crippen LogP contribution in [-0.4, -0.2) is 50.4 Å². The van der Waals surface area contributed by atoms with Crippen molar-refractivity contribution in [3.63, 3.8) is 0 Å². The molecular formula is C19H18FN5O3. The summed E-state index contributed by atoms with van der Waals surface area (Å²) in [4.78, 5) is 17.8. The summed E-state index contributed by atoms with van der Waals surface area (Å²) in [5, 5.41) is 11.9. The average Bonchev–Trinajstić information content (AvgIpc) is 3.05. The summed E-state index contributed by atoms with van der Waals surface area (Å²) in [6.07, 6.45) is 0.776.